The van der Waals surface area contributed by atoms with Gasteiger partial charge in [0.25, 0.3) is 5.91 Å². The predicted octanol–water partition coefficient (Wildman–Crippen LogP) is 0.0707. The van der Waals surface area contributed by atoms with Crippen LogP contribution < -0.4 is 10.8 Å². The molecule has 0 spiro atoms. The standard InChI is InChI=1S/C13H16N2O6/c16-11(15-21)10(13(19)20)4-5-14-7-8-2-1-3-9(6-8)12(17)18/h1-3,6,10,14,21H,4-5,7H2,(H,15,16)(H,17,18)(H,19,20)/t10-/m0/s1. The van der Waals surface area contributed by atoms with Gasteiger partial charge in [0.05, 0.1) is 5.56 Å². The van der Waals surface area contributed by atoms with Gasteiger partial charge in [0.1, 0.15) is 5.92 Å². The van der Waals surface area contributed by atoms with Crippen molar-refractivity contribution in [3.05, 3.63) is 35.4 Å². The van der Waals surface area contributed by atoms with Gasteiger partial charge in [-0.3, -0.25) is 14.8 Å². The number of nitrogens with one attached hydrogen (secondary N) is 2. The van der Waals surface area contributed by atoms with Gasteiger partial charge in [0.2, 0.25) is 0 Å². The highest BCUT2D eigenvalue weighted by Gasteiger charge is 2.25. The van der Waals surface area contributed by atoms with Crippen molar-refractivity contribution in [3.63, 3.8) is 0 Å². The van der Waals surface area contributed by atoms with E-state index in [1.54, 1.807) is 12.1 Å². The summed E-state index contributed by atoms with van der Waals surface area (Å²) in [7, 11) is 0. The number of rotatable bonds is 8. The zero-order chi connectivity index (χ0) is 15.8. The number of aromatic carboxylic acids is 1. The third-order valence-electron chi connectivity index (χ3n) is 2.84. The molecular formula is C13H16N2O6. The van der Waals surface area contributed by atoms with Gasteiger partial charge >= 0.3 is 11.9 Å². The van der Waals surface area contributed by atoms with Gasteiger partial charge < -0.3 is 15.5 Å². The summed E-state index contributed by atoms with van der Waals surface area (Å²) in [5.74, 6) is -4.66. The van der Waals surface area contributed by atoms with Crippen molar-refractivity contribution < 1.29 is 29.8 Å². The Morgan fingerprint density at radius 2 is 1.90 bits per heavy atom. The van der Waals surface area contributed by atoms with Gasteiger partial charge in [-0.2, -0.15) is 0 Å². The number of carboxylic acids is 2. The van der Waals surface area contributed by atoms with E-state index in [4.69, 9.17) is 15.4 Å². The van der Waals surface area contributed by atoms with Gasteiger partial charge in [-0.05, 0) is 30.7 Å². The van der Waals surface area contributed by atoms with Crippen LogP contribution in [0, 0.1) is 5.92 Å². The second-order valence-corrected chi connectivity index (χ2v) is 4.34. The summed E-state index contributed by atoms with van der Waals surface area (Å²) >= 11 is 0. The molecular weight excluding hydrogens is 280 g/mol. The van der Waals surface area contributed by atoms with Gasteiger partial charge in [-0.1, -0.05) is 12.1 Å². The number of hydrogen-bond donors (Lipinski definition) is 5. The van der Waals surface area contributed by atoms with E-state index in [2.05, 4.69) is 5.32 Å². The molecule has 1 aromatic carbocycles. The molecule has 0 heterocycles. The Hall–Kier alpha value is -2.45. The maximum atomic E-state index is 11.1. The Morgan fingerprint density at radius 3 is 2.48 bits per heavy atom. The molecule has 8 heteroatoms. The van der Waals surface area contributed by atoms with Crippen LogP contribution in [0.3, 0.4) is 0 Å². The Labute approximate surface area is 120 Å². The number of aliphatic carboxylic acids is 1. The SMILES string of the molecule is O=C(O)c1cccc(CNCC[C@H](C(=O)O)C(=O)NO)c1. The average Bonchev–Trinajstić information content (AvgIpc) is 2.46. The highest BCUT2D eigenvalue weighted by molar-refractivity contribution is 5.96. The largest absolute Gasteiger partial charge is 0.481 e. The highest BCUT2D eigenvalue weighted by atomic mass is 16.5. The zero-order valence-electron chi connectivity index (χ0n) is 11.1. The minimum atomic E-state index is -1.34. The number of hydroxylamine groups is 1. The normalized spacial score (nSPS) is 11.7. The third-order valence-corrected chi connectivity index (χ3v) is 2.84. The van der Waals surface area contributed by atoms with E-state index in [0.29, 0.717) is 6.54 Å². The predicted molar refractivity (Wildman–Crippen MR) is 70.8 cm³/mol. The van der Waals surface area contributed by atoms with Crippen LogP contribution in [0.15, 0.2) is 24.3 Å². The molecule has 21 heavy (non-hydrogen) atoms. The second kappa shape index (κ2) is 7.98. The van der Waals surface area contributed by atoms with Crippen LogP contribution in [-0.2, 0) is 16.1 Å². The number of amides is 1. The Bertz CT molecular complexity index is 531. The molecule has 8 nitrogen and oxygen atoms in total. The fourth-order valence-electron chi connectivity index (χ4n) is 1.74. The van der Waals surface area contributed by atoms with Crippen LogP contribution in [0.4, 0.5) is 0 Å². The van der Waals surface area contributed by atoms with Gasteiger partial charge in [-0.15, -0.1) is 0 Å². The molecule has 0 aliphatic carbocycles. The quantitative estimate of drug-likeness (QED) is 0.198. The third kappa shape index (κ3) is 5.21. The Morgan fingerprint density at radius 1 is 1.19 bits per heavy atom. The van der Waals surface area contributed by atoms with Crippen molar-refractivity contribution >= 4 is 17.8 Å². The maximum absolute atomic E-state index is 11.1. The summed E-state index contributed by atoms with van der Waals surface area (Å²) in [6.45, 7) is 0.565. The summed E-state index contributed by atoms with van der Waals surface area (Å²) in [5.41, 5.74) is 2.21. The molecule has 0 fully saturated rings. The highest BCUT2D eigenvalue weighted by Crippen LogP contribution is 2.06. The molecule has 0 unspecified atom stereocenters. The molecule has 5 N–H and O–H groups in total. The molecule has 1 rings (SSSR count). The molecule has 0 saturated carbocycles. The fourth-order valence-corrected chi connectivity index (χ4v) is 1.74. The van der Waals surface area contributed by atoms with Crippen molar-refractivity contribution in [1.82, 2.24) is 10.8 Å². The molecule has 0 aliphatic rings. The second-order valence-electron chi connectivity index (χ2n) is 4.34. The molecule has 1 aromatic rings. The molecule has 1 amide bonds. The number of carbonyl (C=O) groups is 3. The van der Waals surface area contributed by atoms with E-state index in [1.807, 2.05) is 0 Å². The lowest BCUT2D eigenvalue weighted by Crippen LogP contribution is -2.35. The van der Waals surface area contributed by atoms with Gasteiger partial charge in [-0.25, -0.2) is 10.3 Å². The molecule has 0 bridgehead atoms. The van der Waals surface area contributed by atoms with Crippen LogP contribution >= 0.6 is 0 Å². The summed E-state index contributed by atoms with van der Waals surface area (Å²) < 4.78 is 0. The van der Waals surface area contributed by atoms with Crippen LogP contribution in [0.5, 0.6) is 0 Å². The van der Waals surface area contributed by atoms with Crippen molar-refractivity contribution in [2.24, 2.45) is 5.92 Å². The summed E-state index contributed by atoms with van der Waals surface area (Å²) in [6, 6.07) is 6.32. The molecule has 0 saturated heterocycles. The summed E-state index contributed by atoms with van der Waals surface area (Å²) in [4.78, 5) is 32.7. The molecule has 0 aliphatic heterocycles. The number of benzene rings is 1. The lowest BCUT2D eigenvalue weighted by molar-refractivity contribution is -0.150. The fraction of sp³-hybridized carbons (Fsp3) is 0.308. The molecule has 1 atom stereocenters. The number of carbonyl (C=O) groups excluding carboxylic acids is 1. The first-order valence-corrected chi connectivity index (χ1v) is 6.15. The topological polar surface area (TPSA) is 136 Å². The van der Waals surface area contributed by atoms with E-state index >= 15 is 0 Å². The monoisotopic (exact) mass is 296 g/mol. The van der Waals surface area contributed by atoms with Crippen LogP contribution in [-0.4, -0.2) is 39.8 Å². The van der Waals surface area contributed by atoms with Crippen LogP contribution in [0.2, 0.25) is 0 Å². The lowest BCUT2D eigenvalue weighted by atomic mass is 10.1. The van der Waals surface area contributed by atoms with Gasteiger partial charge in [0, 0.05) is 6.54 Å². The zero-order valence-corrected chi connectivity index (χ0v) is 11.1. The molecule has 0 radical (unpaired) electrons. The van der Waals surface area contributed by atoms with Crippen LogP contribution in [0.25, 0.3) is 0 Å². The smallest absolute Gasteiger partial charge is 0.335 e. The van der Waals surface area contributed by atoms with E-state index in [1.165, 1.54) is 17.6 Å². The van der Waals surface area contributed by atoms with E-state index in [-0.39, 0.29) is 18.5 Å². The van der Waals surface area contributed by atoms with E-state index in [9.17, 15) is 14.4 Å². The number of hydrogen-bond acceptors (Lipinski definition) is 5. The summed E-state index contributed by atoms with van der Waals surface area (Å²) in [6.07, 6.45) is 0.000345. The summed E-state index contributed by atoms with van der Waals surface area (Å²) in [5, 5.41) is 29.0. The van der Waals surface area contributed by atoms with E-state index < -0.39 is 23.8 Å². The van der Waals surface area contributed by atoms with E-state index in [0.717, 1.165) is 5.56 Å². The van der Waals surface area contributed by atoms with Crippen LogP contribution in [0.1, 0.15) is 22.3 Å². The maximum Gasteiger partial charge on any atom is 0.335 e. The minimum absolute atomic E-state index is 0.000345. The van der Waals surface area contributed by atoms with Gasteiger partial charge in [0.15, 0.2) is 0 Å². The van der Waals surface area contributed by atoms with Crippen molar-refractivity contribution in [1.29, 1.82) is 0 Å². The van der Waals surface area contributed by atoms with Crippen molar-refractivity contribution in [3.8, 4) is 0 Å². The first-order valence-electron chi connectivity index (χ1n) is 6.15. The molecule has 114 valence electrons. The molecule has 0 aromatic heterocycles. The first-order chi connectivity index (χ1) is 9.95. The first kappa shape index (κ1) is 16.6. The van der Waals surface area contributed by atoms with Crippen molar-refractivity contribution in [2.75, 3.05) is 6.54 Å². The lowest BCUT2D eigenvalue weighted by Gasteiger charge is -2.11. The van der Waals surface area contributed by atoms with Crippen molar-refractivity contribution in [2.45, 2.75) is 13.0 Å². The minimum Gasteiger partial charge on any atom is -0.481 e. The average molecular weight is 296 g/mol. The Kier molecular flexibility index (Phi) is 6.31. The Balaban J connectivity index is 2.46. The number of carboxylic acid groups (broad SMARTS) is 2.